The molecule has 2 saturated heterocycles. The van der Waals surface area contributed by atoms with Crippen molar-refractivity contribution in [3.8, 4) is 0 Å². The lowest BCUT2D eigenvalue weighted by atomic mass is 9.67. The number of piperidine rings is 1. The van der Waals surface area contributed by atoms with Crippen LogP contribution in [0.25, 0.3) is 0 Å². The standard InChI is InChI=1S/C17H29N3O2/c1-13(21)20-8-5-14(6-9-20)10-19-16(22)17-7-3-2-4-15(17)11-18-12-17/h14-15,18H,2-12H2,1H3,(H,19,22)/t15-,17+/m0/s1. The Balaban J connectivity index is 1.49. The van der Waals surface area contributed by atoms with Gasteiger partial charge < -0.3 is 15.5 Å². The van der Waals surface area contributed by atoms with Crippen molar-refractivity contribution in [3.05, 3.63) is 0 Å². The quantitative estimate of drug-likeness (QED) is 0.822. The van der Waals surface area contributed by atoms with E-state index in [0.29, 0.717) is 11.8 Å². The molecule has 0 radical (unpaired) electrons. The largest absolute Gasteiger partial charge is 0.355 e. The lowest BCUT2D eigenvalue weighted by molar-refractivity contribution is -0.135. The fourth-order valence-electron chi connectivity index (χ4n) is 4.56. The summed E-state index contributed by atoms with van der Waals surface area (Å²) in [4.78, 5) is 26.1. The van der Waals surface area contributed by atoms with E-state index in [0.717, 1.165) is 52.0 Å². The minimum atomic E-state index is -0.141. The van der Waals surface area contributed by atoms with Gasteiger partial charge in [0.25, 0.3) is 0 Å². The molecule has 0 spiro atoms. The molecule has 5 heteroatoms. The van der Waals surface area contributed by atoms with Crippen molar-refractivity contribution in [2.24, 2.45) is 17.3 Å². The predicted molar refractivity (Wildman–Crippen MR) is 85.2 cm³/mol. The van der Waals surface area contributed by atoms with E-state index in [1.54, 1.807) is 6.92 Å². The highest BCUT2D eigenvalue weighted by Gasteiger charge is 2.49. The van der Waals surface area contributed by atoms with Crippen molar-refractivity contribution in [3.63, 3.8) is 0 Å². The number of nitrogens with zero attached hydrogens (tertiary/aromatic N) is 1. The summed E-state index contributed by atoms with van der Waals surface area (Å²) in [6, 6.07) is 0. The van der Waals surface area contributed by atoms with Gasteiger partial charge in [-0.2, -0.15) is 0 Å². The molecule has 1 aliphatic carbocycles. The van der Waals surface area contributed by atoms with E-state index in [1.807, 2.05) is 4.90 Å². The van der Waals surface area contributed by atoms with Crippen LogP contribution in [0, 0.1) is 17.3 Å². The van der Waals surface area contributed by atoms with Crippen LogP contribution in [0.2, 0.25) is 0 Å². The summed E-state index contributed by atoms with van der Waals surface area (Å²) in [5, 5.41) is 6.68. The second-order valence-corrected chi connectivity index (χ2v) is 7.39. The van der Waals surface area contributed by atoms with E-state index >= 15 is 0 Å². The number of hydrogen-bond donors (Lipinski definition) is 2. The molecule has 5 nitrogen and oxygen atoms in total. The summed E-state index contributed by atoms with van der Waals surface area (Å²) in [6.45, 7) is 5.95. The highest BCUT2D eigenvalue weighted by molar-refractivity contribution is 5.83. The number of fused-ring (bicyclic) bond motifs is 1. The molecule has 1 saturated carbocycles. The summed E-state index contributed by atoms with van der Waals surface area (Å²) in [7, 11) is 0. The highest BCUT2D eigenvalue weighted by Crippen LogP contribution is 2.43. The number of hydrogen-bond acceptors (Lipinski definition) is 3. The molecule has 3 aliphatic rings. The zero-order chi connectivity index (χ0) is 15.6. The van der Waals surface area contributed by atoms with Crippen molar-refractivity contribution in [1.82, 2.24) is 15.5 Å². The molecule has 2 amide bonds. The second kappa shape index (κ2) is 6.57. The van der Waals surface area contributed by atoms with E-state index in [2.05, 4.69) is 10.6 Å². The van der Waals surface area contributed by atoms with Gasteiger partial charge in [-0.25, -0.2) is 0 Å². The van der Waals surface area contributed by atoms with E-state index in [-0.39, 0.29) is 17.2 Å². The van der Waals surface area contributed by atoms with Crippen LogP contribution >= 0.6 is 0 Å². The van der Waals surface area contributed by atoms with Crippen LogP contribution in [0.3, 0.4) is 0 Å². The van der Waals surface area contributed by atoms with Crippen LogP contribution in [-0.4, -0.2) is 49.4 Å². The van der Waals surface area contributed by atoms with Gasteiger partial charge in [-0.1, -0.05) is 12.8 Å². The molecular weight excluding hydrogens is 278 g/mol. The topological polar surface area (TPSA) is 61.4 Å². The average Bonchev–Trinajstić information content (AvgIpc) is 2.98. The Morgan fingerprint density at radius 2 is 2.00 bits per heavy atom. The zero-order valence-electron chi connectivity index (χ0n) is 13.7. The van der Waals surface area contributed by atoms with Crippen molar-refractivity contribution in [1.29, 1.82) is 0 Å². The minimum Gasteiger partial charge on any atom is -0.355 e. The molecule has 0 bridgehead atoms. The molecule has 22 heavy (non-hydrogen) atoms. The van der Waals surface area contributed by atoms with Crippen molar-refractivity contribution >= 4 is 11.8 Å². The van der Waals surface area contributed by atoms with Gasteiger partial charge in [0.1, 0.15) is 0 Å². The minimum absolute atomic E-state index is 0.141. The molecule has 3 rings (SSSR count). The Morgan fingerprint density at radius 1 is 1.23 bits per heavy atom. The zero-order valence-corrected chi connectivity index (χ0v) is 13.7. The Morgan fingerprint density at radius 3 is 2.73 bits per heavy atom. The van der Waals surface area contributed by atoms with Crippen molar-refractivity contribution in [2.75, 3.05) is 32.7 Å². The monoisotopic (exact) mass is 307 g/mol. The first-order valence-electron chi connectivity index (χ1n) is 8.86. The second-order valence-electron chi connectivity index (χ2n) is 7.39. The van der Waals surface area contributed by atoms with Gasteiger partial charge >= 0.3 is 0 Å². The van der Waals surface area contributed by atoms with Gasteiger partial charge in [0.2, 0.25) is 11.8 Å². The summed E-state index contributed by atoms with van der Waals surface area (Å²) in [5.74, 6) is 1.49. The number of nitrogens with one attached hydrogen (secondary N) is 2. The maximum absolute atomic E-state index is 12.8. The summed E-state index contributed by atoms with van der Waals surface area (Å²) < 4.78 is 0. The average molecular weight is 307 g/mol. The SMILES string of the molecule is CC(=O)N1CCC(CNC(=O)[C@@]23CCCC[C@H]2CNC3)CC1. The van der Waals surface area contributed by atoms with E-state index in [1.165, 1.54) is 19.3 Å². The van der Waals surface area contributed by atoms with Gasteiger partial charge in [-0.05, 0) is 44.1 Å². The first-order valence-corrected chi connectivity index (χ1v) is 8.86. The Hall–Kier alpha value is -1.10. The fourth-order valence-corrected chi connectivity index (χ4v) is 4.56. The predicted octanol–water partition coefficient (Wildman–Crippen LogP) is 1.14. The third-order valence-corrected chi connectivity index (χ3v) is 6.10. The molecule has 0 unspecified atom stereocenters. The number of carbonyl (C=O) groups excluding carboxylic acids is 2. The molecule has 2 N–H and O–H groups in total. The summed E-state index contributed by atoms with van der Waals surface area (Å²) in [5.41, 5.74) is -0.141. The fraction of sp³-hybridized carbons (Fsp3) is 0.882. The number of likely N-dealkylation sites (tertiary alicyclic amines) is 1. The molecule has 2 atom stereocenters. The normalized spacial score (nSPS) is 32.6. The molecule has 124 valence electrons. The smallest absolute Gasteiger partial charge is 0.227 e. The molecule has 0 aromatic heterocycles. The third kappa shape index (κ3) is 3.00. The first-order chi connectivity index (χ1) is 10.6. The van der Waals surface area contributed by atoms with E-state index < -0.39 is 0 Å². The Kier molecular flexibility index (Phi) is 4.71. The maximum atomic E-state index is 12.8. The van der Waals surface area contributed by atoms with Crippen LogP contribution in [-0.2, 0) is 9.59 Å². The molecule has 2 aliphatic heterocycles. The van der Waals surface area contributed by atoms with Crippen LogP contribution in [0.4, 0.5) is 0 Å². The van der Waals surface area contributed by atoms with E-state index in [4.69, 9.17) is 0 Å². The highest BCUT2D eigenvalue weighted by atomic mass is 16.2. The lowest BCUT2D eigenvalue weighted by Crippen LogP contribution is -2.49. The number of carbonyl (C=O) groups is 2. The maximum Gasteiger partial charge on any atom is 0.227 e. The van der Waals surface area contributed by atoms with Crippen LogP contribution in [0.15, 0.2) is 0 Å². The first kappa shape index (κ1) is 15.8. The summed E-state index contributed by atoms with van der Waals surface area (Å²) >= 11 is 0. The molecule has 2 heterocycles. The van der Waals surface area contributed by atoms with Gasteiger partial charge in [0.05, 0.1) is 5.41 Å². The van der Waals surface area contributed by atoms with Crippen LogP contribution in [0.1, 0.15) is 45.4 Å². The van der Waals surface area contributed by atoms with Crippen molar-refractivity contribution in [2.45, 2.75) is 45.4 Å². The number of rotatable bonds is 3. The summed E-state index contributed by atoms with van der Waals surface area (Å²) in [6.07, 6.45) is 6.70. The van der Waals surface area contributed by atoms with Gasteiger partial charge in [-0.3, -0.25) is 9.59 Å². The Bertz CT molecular complexity index is 432. The van der Waals surface area contributed by atoms with Gasteiger partial charge in [0, 0.05) is 33.1 Å². The molecule has 3 fully saturated rings. The Labute approximate surface area is 133 Å². The molecular formula is C17H29N3O2. The van der Waals surface area contributed by atoms with Crippen LogP contribution < -0.4 is 10.6 Å². The molecule has 0 aromatic rings. The van der Waals surface area contributed by atoms with Crippen molar-refractivity contribution < 1.29 is 9.59 Å². The van der Waals surface area contributed by atoms with Gasteiger partial charge in [0.15, 0.2) is 0 Å². The van der Waals surface area contributed by atoms with E-state index in [9.17, 15) is 9.59 Å². The van der Waals surface area contributed by atoms with Crippen LogP contribution in [0.5, 0.6) is 0 Å². The van der Waals surface area contributed by atoms with Gasteiger partial charge in [-0.15, -0.1) is 0 Å². The molecule has 0 aromatic carbocycles. The number of amides is 2. The lowest BCUT2D eigenvalue weighted by Gasteiger charge is -2.38. The third-order valence-electron chi connectivity index (χ3n) is 6.10.